The first-order chi connectivity index (χ1) is 6.33. The van der Waals surface area contributed by atoms with E-state index in [1.165, 1.54) is 0 Å². The van der Waals surface area contributed by atoms with E-state index in [9.17, 15) is 4.57 Å². The molecule has 0 N–H and O–H groups in total. The highest BCUT2D eigenvalue weighted by Gasteiger charge is 2.04. The first-order valence-corrected chi connectivity index (χ1v) is 4.91. The van der Waals surface area contributed by atoms with Gasteiger partial charge >= 0.3 is 0 Å². The summed E-state index contributed by atoms with van der Waals surface area (Å²) in [7, 11) is 0.753. The first-order valence-electron chi connectivity index (χ1n) is 3.97. The molecular weight excluding hydrogens is 185 g/mol. The van der Waals surface area contributed by atoms with Crippen LogP contribution in [0.3, 0.4) is 0 Å². The lowest BCUT2D eigenvalue weighted by atomic mass is 10.2. The van der Waals surface area contributed by atoms with Crippen LogP contribution in [0.25, 0.3) is 10.9 Å². The van der Waals surface area contributed by atoms with Crippen molar-refractivity contribution < 1.29 is 9.09 Å². The third-order valence-electron chi connectivity index (χ3n) is 2.04. The lowest BCUT2D eigenvalue weighted by Crippen LogP contribution is -1.81. The van der Waals surface area contributed by atoms with Crippen molar-refractivity contribution >= 4 is 19.6 Å². The fourth-order valence-electron chi connectivity index (χ4n) is 1.45. The van der Waals surface area contributed by atoms with Crippen LogP contribution in [0, 0.1) is 0 Å². The van der Waals surface area contributed by atoms with Crippen molar-refractivity contribution in [3.8, 4) is 5.75 Å². The van der Waals surface area contributed by atoms with Crippen molar-refractivity contribution in [2.75, 3.05) is 0 Å². The lowest BCUT2D eigenvalue weighted by Gasteiger charge is -1.93. The van der Waals surface area contributed by atoms with Gasteiger partial charge in [-0.15, -0.1) is 0 Å². The van der Waals surface area contributed by atoms with Gasteiger partial charge in [0.05, 0.1) is 5.52 Å². The zero-order valence-electron chi connectivity index (χ0n) is 7.23. The summed E-state index contributed by atoms with van der Waals surface area (Å²) in [6, 6.07) is 7.87. The van der Waals surface area contributed by atoms with Crippen molar-refractivity contribution in [1.82, 2.24) is 4.57 Å². The molecule has 0 radical (unpaired) electrons. The molecule has 1 heterocycles. The molecule has 0 aliphatic rings. The highest BCUT2D eigenvalue weighted by atomic mass is 31.1. The van der Waals surface area contributed by atoms with Crippen LogP contribution in [0.15, 0.2) is 30.5 Å². The monoisotopic (exact) mass is 195 g/mol. The Kier molecular flexibility index (Phi) is 2.11. The Balaban J connectivity index is 2.70. The summed E-state index contributed by atoms with van der Waals surface area (Å²) in [6.45, 7) is 0. The van der Waals surface area contributed by atoms with Gasteiger partial charge in [-0.3, -0.25) is 4.57 Å². The zero-order valence-corrected chi connectivity index (χ0v) is 8.38. The molecule has 0 spiro atoms. The maximum Gasteiger partial charge on any atom is 0.225 e. The number of para-hydroxylation sites is 1. The molecule has 68 valence electrons. The predicted molar refractivity (Wildman–Crippen MR) is 53.9 cm³/mol. The molecule has 0 fully saturated rings. The summed E-state index contributed by atoms with van der Waals surface area (Å²) in [5, 5.41) is 1.01. The molecule has 1 unspecified atom stereocenters. The van der Waals surface area contributed by atoms with E-state index < -0.39 is 8.69 Å². The molecule has 0 bridgehead atoms. The van der Waals surface area contributed by atoms with Gasteiger partial charge in [-0.05, 0) is 12.1 Å². The van der Waals surface area contributed by atoms with Gasteiger partial charge in [0.15, 0.2) is 5.75 Å². The minimum Gasteiger partial charge on any atom is -0.445 e. The number of aryl methyl sites for hydroxylation is 1. The molecule has 2 rings (SSSR count). The molecule has 2 aromatic rings. The normalized spacial score (nSPS) is 11.5. The third-order valence-corrected chi connectivity index (χ3v) is 2.39. The smallest absolute Gasteiger partial charge is 0.225 e. The van der Waals surface area contributed by atoms with Crippen LogP contribution >= 0.6 is 8.69 Å². The van der Waals surface area contributed by atoms with E-state index in [-0.39, 0.29) is 0 Å². The molecular formula is C9H10NO2P. The number of fused-ring (bicyclic) bond motifs is 1. The quantitative estimate of drug-likeness (QED) is 0.688. The van der Waals surface area contributed by atoms with E-state index in [0.717, 1.165) is 10.9 Å². The summed E-state index contributed by atoms with van der Waals surface area (Å²) >= 11 is 0. The molecule has 1 atom stereocenters. The van der Waals surface area contributed by atoms with Gasteiger partial charge in [0.1, 0.15) is 0 Å². The average molecular weight is 195 g/mol. The molecule has 1 aromatic carbocycles. The zero-order chi connectivity index (χ0) is 9.26. The van der Waals surface area contributed by atoms with Crippen molar-refractivity contribution in [2.45, 2.75) is 0 Å². The minimum absolute atomic E-state index is 0.697. The van der Waals surface area contributed by atoms with Gasteiger partial charge in [0.2, 0.25) is 8.69 Å². The Hall–Kier alpha value is -1.21. The van der Waals surface area contributed by atoms with E-state index in [1.807, 2.05) is 42.1 Å². The maximum atomic E-state index is 10.4. The second kappa shape index (κ2) is 3.27. The van der Waals surface area contributed by atoms with Crippen molar-refractivity contribution in [3.63, 3.8) is 0 Å². The molecule has 0 saturated heterocycles. The number of aromatic nitrogens is 1. The van der Waals surface area contributed by atoms with Crippen LogP contribution < -0.4 is 4.52 Å². The van der Waals surface area contributed by atoms with Crippen LogP contribution in [0.5, 0.6) is 5.75 Å². The van der Waals surface area contributed by atoms with Crippen LogP contribution in [0.4, 0.5) is 0 Å². The molecule has 4 heteroatoms. The summed E-state index contributed by atoms with van der Waals surface area (Å²) in [5.41, 5.74) is 1.09. The standard InChI is InChI=1S/C9H10NO2P/c1-10-6-9(12-13-11)7-4-2-3-5-8(7)10/h2-6H,13H2,1H3. The van der Waals surface area contributed by atoms with Gasteiger partial charge in [0, 0.05) is 18.6 Å². The van der Waals surface area contributed by atoms with E-state index in [2.05, 4.69) is 0 Å². The fourth-order valence-corrected chi connectivity index (χ4v) is 1.74. The minimum atomic E-state index is -1.19. The van der Waals surface area contributed by atoms with E-state index in [0.29, 0.717) is 5.75 Å². The van der Waals surface area contributed by atoms with E-state index in [4.69, 9.17) is 4.52 Å². The molecule has 1 aromatic heterocycles. The number of rotatable bonds is 2. The van der Waals surface area contributed by atoms with Crippen molar-refractivity contribution in [1.29, 1.82) is 0 Å². The van der Waals surface area contributed by atoms with Crippen LogP contribution in [0.2, 0.25) is 0 Å². The number of nitrogens with zero attached hydrogens (tertiary/aromatic N) is 1. The van der Waals surface area contributed by atoms with Gasteiger partial charge in [-0.2, -0.15) is 0 Å². The maximum absolute atomic E-state index is 10.4. The van der Waals surface area contributed by atoms with Crippen LogP contribution in [-0.2, 0) is 11.6 Å². The molecule has 0 aliphatic heterocycles. The molecule has 0 aliphatic carbocycles. The van der Waals surface area contributed by atoms with Crippen LogP contribution in [0.1, 0.15) is 0 Å². The van der Waals surface area contributed by atoms with Gasteiger partial charge < -0.3 is 9.09 Å². The van der Waals surface area contributed by atoms with Crippen molar-refractivity contribution in [2.24, 2.45) is 7.05 Å². The summed E-state index contributed by atoms with van der Waals surface area (Å²) in [4.78, 5) is 0. The summed E-state index contributed by atoms with van der Waals surface area (Å²) < 4.78 is 17.4. The first kappa shape index (κ1) is 8.39. The fraction of sp³-hybridized carbons (Fsp3) is 0.111. The second-order valence-corrected chi connectivity index (χ2v) is 3.26. The molecule has 0 saturated carbocycles. The van der Waals surface area contributed by atoms with E-state index >= 15 is 0 Å². The Labute approximate surface area is 77.2 Å². The Bertz CT molecular complexity index is 450. The summed E-state index contributed by atoms with van der Waals surface area (Å²) in [6.07, 6.45) is 1.84. The largest absolute Gasteiger partial charge is 0.445 e. The molecule has 0 amide bonds. The third kappa shape index (κ3) is 1.36. The Morgan fingerprint density at radius 1 is 1.38 bits per heavy atom. The second-order valence-electron chi connectivity index (χ2n) is 2.84. The number of hydrogen-bond donors (Lipinski definition) is 0. The highest BCUT2D eigenvalue weighted by Crippen LogP contribution is 2.28. The number of benzene rings is 1. The van der Waals surface area contributed by atoms with Crippen LogP contribution in [-0.4, -0.2) is 4.57 Å². The number of hydrogen-bond acceptors (Lipinski definition) is 2. The summed E-state index contributed by atoms with van der Waals surface area (Å²) in [5.74, 6) is 0.697. The van der Waals surface area contributed by atoms with E-state index in [1.54, 1.807) is 0 Å². The molecule has 3 nitrogen and oxygen atoms in total. The SMILES string of the molecule is Cn1cc(O[PH2]=O)c2ccccc21. The topological polar surface area (TPSA) is 31.2 Å². The predicted octanol–water partition coefficient (Wildman–Crippen LogP) is 2.23. The van der Waals surface area contributed by atoms with Crippen molar-refractivity contribution in [3.05, 3.63) is 30.5 Å². The highest BCUT2D eigenvalue weighted by molar-refractivity contribution is 7.17. The Morgan fingerprint density at radius 2 is 2.15 bits per heavy atom. The average Bonchev–Trinajstić information content (AvgIpc) is 2.46. The van der Waals surface area contributed by atoms with Gasteiger partial charge in [0.25, 0.3) is 0 Å². The van der Waals surface area contributed by atoms with Gasteiger partial charge in [-0.1, -0.05) is 12.1 Å². The molecule has 13 heavy (non-hydrogen) atoms. The Morgan fingerprint density at radius 3 is 2.92 bits per heavy atom. The lowest BCUT2D eigenvalue weighted by molar-refractivity contribution is 0.527. The van der Waals surface area contributed by atoms with Gasteiger partial charge in [-0.25, -0.2) is 0 Å².